The lowest BCUT2D eigenvalue weighted by Crippen LogP contribution is -2.22. The van der Waals surface area contributed by atoms with Gasteiger partial charge in [-0.25, -0.2) is 0 Å². The van der Waals surface area contributed by atoms with Crippen molar-refractivity contribution in [3.63, 3.8) is 0 Å². The van der Waals surface area contributed by atoms with Crippen LogP contribution in [0.5, 0.6) is 23.0 Å². The Labute approximate surface area is 215 Å². The number of ether oxygens (including phenoxy) is 4. The van der Waals surface area contributed by atoms with Gasteiger partial charge in [-0.2, -0.15) is 0 Å². The summed E-state index contributed by atoms with van der Waals surface area (Å²) in [6.45, 7) is 3.51. The minimum atomic E-state index is -0.667. The largest absolute Gasteiger partial charge is 0.497 e. The number of carbonyl (C=O) groups is 3. The van der Waals surface area contributed by atoms with Crippen molar-refractivity contribution in [2.75, 3.05) is 31.5 Å². The molecule has 0 spiro atoms. The minimum Gasteiger partial charge on any atom is -0.497 e. The summed E-state index contributed by atoms with van der Waals surface area (Å²) in [7, 11) is 2.97. The Bertz CT molecular complexity index is 1240. The monoisotopic (exact) mass is 506 g/mol. The molecule has 194 valence electrons. The van der Waals surface area contributed by atoms with Crippen molar-refractivity contribution < 1.29 is 33.3 Å². The number of esters is 1. The molecule has 2 amide bonds. The first-order chi connectivity index (χ1) is 17.7. The van der Waals surface area contributed by atoms with Gasteiger partial charge in [-0.15, -0.1) is 0 Å². The molecule has 3 aromatic carbocycles. The predicted octanol–water partition coefficient (Wildman–Crippen LogP) is 5.01. The summed E-state index contributed by atoms with van der Waals surface area (Å²) >= 11 is 0. The maximum atomic E-state index is 12.2. The standard InChI is InChI=1S/C28H30N2O7/c1-18-13-19(2)15-23(14-18)37-21-7-5-20(6-8-21)29-26(31)11-12-28(33)36-17-27(32)30-24-16-22(34-3)9-10-25(24)35-4/h5-10,13-16H,11-12,17H2,1-4H3,(H,29,31)(H,30,32). The van der Waals surface area contributed by atoms with E-state index in [1.54, 1.807) is 42.5 Å². The van der Waals surface area contributed by atoms with Crippen LogP contribution in [-0.4, -0.2) is 38.6 Å². The molecule has 3 rings (SSSR count). The van der Waals surface area contributed by atoms with Crippen LogP contribution in [0.2, 0.25) is 0 Å². The molecule has 0 fully saturated rings. The van der Waals surface area contributed by atoms with Crippen LogP contribution in [0.15, 0.2) is 60.7 Å². The molecule has 3 aromatic rings. The molecule has 0 saturated heterocycles. The van der Waals surface area contributed by atoms with Gasteiger partial charge in [-0.3, -0.25) is 14.4 Å². The molecule has 9 heteroatoms. The molecule has 37 heavy (non-hydrogen) atoms. The number of methoxy groups -OCH3 is 2. The van der Waals surface area contributed by atoms with E-state index in [1.165, 1.54) is 14.2 Å². The highest BCUT2D eigenvalue weighted by atomic mass is 16.5. The molecule has 2 N–H and O–H groups in total. The zero-order chi connectivity index (χ0) is 26.8. The first-order valence-corrected chi connectivity index (χ1v) is 11.6. The summed E-state index contributed by atoms with van der Waals surface area (Å²) in [5.41, 5.74) is 3.16. The number of hydrogen-bond donors (Lipinski definition) is 2. The number of hydrogen-bond acceptors (Lipinski definition) is 7. The fourth-order valence-corrected chi connectivity index (χ4v) is 3.49. The Kier molecular flexibility index (Phi) is 9.48. The van der Waals surface area contributed by atoms with E-state index < -0.39 is 18.5 Å². The summed E-state index contributed by atoms with van der Waals surface area (Å²) in [6.07, 6.45) is -0.263. The predicted molar refractivity (Wildman–Crippen MR) is 139 cm³/mol. The van der Waals surface area contributed by atoms with Crippen LogP contribution in [0.3, 0.4) is 0 Å². The number of anilines is 2. The first kappa shape index (κ1) is 27.1. The van der Waals surface area contributed by atoms with Crippen LogP contribution >= 0.6 is 0 Å². The van der Waals surface area contributed by atoms with Crippen molar-refractivity contribution in [1.29, 1.82) is 0 Å². The number of rotatable bonds is 11. The molecule has 0 atom stereocenters. The summed E-state index contributed by atoms with van der Waals surface area (Å²) < 4.78 is 21.2. The Balaban J connectivity index is 1.40. The van der Waals surface area contributed by atoms with Gasteiger partial charge in [0.05, 0.1) is 26.3 Å². The Morgan fingerprint density at radius 2 is 1.38 bits per heavy atom. The van der Waals surface area contributed by atoms with Crippen LogP contribution in [-0.2, 0) is 19.1 Å². The average molecular weight is 507 g/mol. The van der Waals surface area contributed by atoms with Gasteiger partial charge in [0, 0.05) is 18.2 Å². The molecule has 0 aliphatic heterocycles. The van der Waals surface area contributed by atoms with Gasteiger partial charge >= 0.3 is 5.97 Å². The summed E-state index contributed by atoms with van der Waals surface area (Å²) in [4.78, 5) is 36.4. The van der Waals surface area contributed by atoms with Crippen LogP contribution in [0.1, 0.15) is 24.0 Å². The van der Waals surface area contributed by atoms with E-state index in [0.29, 0.717) is 28.6 Å². The third kappa shape index (κ3) is 8.57. The van der Waals surface area contributed by atoms with Gasteiger partial charge in [0.2, 0.25) is 5.91 Å². The van der Waals surface area contributed by atoms with E-state index >= 15 is 0 Å². The molecule has 0 aromatic heterocycles. The molecule has 0 radical (unpaired) electrons. The Morgan fingerprint density at radius 3 is 2.03 bits per heavy atom. The van der Waals surface area contributed by atoms with E-state index in [0.717, 1.165) is 16.9 Å². The van der Waals surface area contributed by atoms with Crippen molar-refractivity contribution in [1.82, 2.24) is 0 Å². The molecule has 0 bridgehead atoms. The van der Waals surface area contributed by atoms with Gasteiger partial charge in [-0.1, -0.05) is 6.07 Å². The lowest BCUT2D eigenvalue weighted by molar-refractivity contribution is -0.147. The zero-order valence-corrected chi connectivity index (χ0v) is 21.3. The van der Waals surface area contributed by atoms with Crippen LogP contribution in [0, 0.1) is 13.8 Å². The van der Waals surface area contributed by atoms with Crippen LogP contribution in [0.25, 0.3) is 0 Å². The lowest BCUT2D eigenvalue weighted by Gasteiger charge is -2.12. The minimum absolute atomic E-state index is 0.0923. The van der Waals surface area contributed by atoms with Crippen LogP contribution in [0.4, 0.5) is 11.4 Å². The van der Waals surface area contributed by atoms with Crippen LogP contribution < -0.4 is 24.8 Å². The number of amides is 2. The fraction of sp³-hybridized carbons (Fsp3) is 0.250. The van der Waals surface area contributed by atoms with Gasteiger partial charge in [0.1, 0.15) is 23.0 Å². The second-order valence-electron chi connectivity index (χ2n) is 8.27. The van der Waals surface area contributed by atoms with Crippen molar-refractivity contribution in [2.24, 2.45) is 0 Å². The topological polar surface area (TPSA) is 112 Å². The molecule has 9 nitrogen and oxygen atoms in total. The zero-order valence-electron chi connectivity index (χ0n) is 21.3. The number of nitrogens with one attached hydrogen (secondary N) is 2. The normalized spacial score (nSPS) is 10.3. The van der Waals surface area contributed by atoms with Crippen molar-refractivity contribution in [3.05, 3.63) is 71.8 Å². The highest BCUT2D eigenvalue weighted by Crippen LogP contribution is 2.29. The Hall–Kier alpha value is -4.53. The van der Waals surface area contributed by atoms with Gasteiger partial charge in [-0.05, 0) is 73.5 Å². The summed E-state index contributed by atoms with van der Waals surface area (Å²) in [5.74, 6) is 0.767. The van der Waals surface area contributed by atoms with E-state index in [1.807, 2.05) is 26.0 Å². The SMILES string of the molecule is COc1ccc(OC)c(NC(=O)COC(=O)CCC(=O)Nc2ccc(Oc3cc(C)cc(C)c3)cc2)c1. The van der Waals surface area contributed by atoms with Crippen molar-refractivity contribution >= 4 is 29.2 Å². The molecule has 0 saturated carbocycles. The summed E-state index contributed by atoms with van der Waals surface area (Å²) in [6, 6.07) is 17.8. The molecule has 0 unspecified atom stereocenters. The van der Waals surface area contributed by atoms with E-state index in [9.17, 15) is 14.4 Å². The highest BCUT2D eigenvalue weighted by molar-refractivity contribution is 5.95. The third-order valence-corrected chi connectivity index (χ3v) is 5.17. The maximum absolute atomic E-state index is 12.2. The quantitative estimate of drug-likeness (QED) is 0.352. The molecular formula is C28H30N2O7. The smallest absolute Gasteiger partial charge is 0.306 e. The van der Waals surface area contributed by atoms with E-state index in [2.05, 4.69) is 16.7 Å². The van der Waals surface area contributed by atoms with Crippen molar-refractivity contribution in [3.8, 4) is 23.0 Å². The third-order valence-electron chi connectivity index (χ3n) is 5.17. The number of benzene rings is 3. The average Bonchev–Trinajstić information content (AvgIpc) is 2.86. The number of carbonyl (C=O) groups excluding carboxylic acids is 3. The molecule has 0 aliphatic carbocycles. The lowest BCUT2D eigenvalue weighted by atomic mass is 10.1. The summed E-state index contributed by atoms with van der Waals surface area (Å²) in [5, 5.41) is 5.32. The van der Waals surface area contributed by atoms with Gasteiger partial charge in [0.15, 0.2) is 6.61 Å². The van der Waals surface area contributed by atoms with Gasteiger partial charge in [0.25, 0.3) is 5.91 Å². The van der Waals surface area contributed by atoms with Crippen molar-refractivity contribution in [2.45, 2.75) is 26.7 Å². The molecule has 0 aliphatic rings. The highest BCUT2D eigenvalue weighted by Gasteiger charge is 2.13. The molecular weight excluding hydrogens is 476 g/mol. The fourth-order valence-electron chi connectivity index (χ4n) is 3.49. The number of aryl methyl sites for hydroxylation is 2. The maximum Gasteiger partial charge on any atom is 0.306 e. The van der Waals surface area contributed by atoms with E-state index in [-0.39, 0.29) is 18.7 Å². The Morgan fingerprint density at radius 1 is 0.703 bits per heavy atom. The van der Waals surface area contributed by atoms with E-state index in [4.69, 9.17) is 18.9 Å². The first-order valence-electron chi connectivity index (χ1n) is 11.6. The second kappa shape index (κ2) is 13.0. The molecule has 0 heterocycles. The van der Waals surface area contributed by atoms with Gasteiger partial charge < -0.3 is 29.6 Å². The second-order valence-corrected chi connectivity index (χ2v) is 8.27.